The molecule has 1 aliphatic carbocycles. The SMILES string of the molecule is CN1C(=O)CCc2cc(C3(CO)CCC3)ccc21. The summed E-state index contributed by atoms with van der Waals surface area (Å²) >= 11 is 0. The van der Waals surface area contributed by atoms with Crippen LogP contribution >= 0.6 is 0 Å². The topological polar surface area (TPSA) is 40.5 Å². The van der Waals surface area contributed by atoms with Gasteiger partial charge in [-0.3, -0.25) is 4.79 Å². The highest BCUT2D eigenvalue weighted by molar-refractivity contribution is 5.95. The average Bonchev–Trinajstić information content (AvgIpc) is 2.33. The minimum atomic E-state index is -0.00490. The molecule has 2 aliphatic rings. The fourth-order valence-electron chi connectivity index (χ4n) is 3.13. The lowest BCUT2D eigenvalue weighted by atomic mass is 9.64. The number of carbonyl (C=O) groups excluding carboxylic acids is 1. The molecule has 1 aliphatic heterocycles. The summed E-state index contributed by atoms with van der Waals surface area (Å²) in [6.07, 6.45) is 4.79. The minimum absolute atomic E-state index is 0.00490. The molecule has 96 valence electrons. The summed E-state index contributed by atoms with van der Waals surface area (Å²) in [5, 5.41) is 9.62. The molecule has 1 fully saturated rings. The number of aryl methyl sites for hydroxylation is 1. The van der Waals surface area contributed by atoms with Crippen molar-refractivity contribution in [2.75, 3.05) is 18.6 Å². The number of aliphatic hydroxyl groups excluding tert-OH is 1. The van der Waals surface area contributed by atoms with Gasteiger partial charge in [0.05, 0.1) is 6.61 Å². The lowest BCUT2D eigenvalue weighted by Crippen LogP contribution is -2.38. The van der Waals surface area contributed by atoms with Crippen molar-refractivity contribution in [1.82, 2.24) is 0 Å². The number of anilines is 1. The molecular formula is C15H19NO2. The van der Waals surface area contributed by atoms with E-state index >= 15 is 0 Å². The maximum Gasteiger partial charge on any atom is 0.227 e. The highest BCUT2D eigenvalue weighted by Crippen LogP contribution is 2.44. The molecule has 0 aromatic heterocycles. The second kappa shape index (κ2) is 4.09. The van der Waals surface area contributed by atoms with E-state index in [4.69, 9.17) is 0 Å². The van der Waals surface area contributed by atoms with Gasteiger partial charge in [-0.1, -0.05) is 18.6 Å². The molecule has 1 N–H and O–H groups in total. The smallest absolute Gasteiger partial charge is 0.227 e. The van der Waals surface area contributed by atoms with Gasteiger partial charge in [0, 0.05) is 24.6 Å². The van der Waals surface area contributed by atoms with Gasteiger partial charge in [-0.15, -0.1) is 0 Å². The van der Waals surface area contributed by atoms with E-state index in [1.54, 1.807) is 4.90 Å². The normalized spacial score (nSPS) is 21.4. The van der Waals surface area contributed by atoms with Crippen molar-refractivity contribution < 1.29 is 9.90 Å². The molecule has 1 amide bonds. The average molecular weight is 245 g/mol. The van der Waals surface area contributed by atoms with Crippen molar-refractivity contribution in [1.29, 1.82) is 0 Å². The maximum atomic E-state index is 11.6. The zero-order valence-electron chi connectivity index (χ0n) is 10.8. The Kier molecular flexibility index (Phi) is 2.67. The monoisotopic (exact) mass is 245 g/mol. The molecule has 0 bridgehead atoms. The number of benzene rings is 1. The molecule has 1 aromatic rings. The van der Waals surface area contributed by atoms with Crippen molar-refractivity contribution in [2.24, 2.45) is 0 Å². The second-order valence-electron chi connectivity index (χ2n) is 5.59. The third-order valence-corrected chi connectivity index (χ3v) is 4.65. The quantitative estimate of drug-likeness (QED) is 0.866. The van der Waals surface area contributed by atoms with Gasteiger partial charge in [-0.25, -0.2) is 0 Å². The first kappa shape index (κ1) is 11.7. The Bertz CT molecular complexity index is 486. The highest BCUT2D eigenvalue weighted by atomic mass is 16.3. The molecule has 0 saturated heterocycles. The summed E-state index contributed by atoms with van der Waals surface area (Å²) < 4.78 is 0. The first-order chi connectivity index (χ1) is 8.66. The molecule has 18 heavy (non-hydrogen) atoms. The lowest BCUT2D eigenvalue weighted by Gasteiger charge is -2.41. The summed E-state index contributed by atoms with van der Waals surface area (Å²) in [5.41, 5.74) is 3.52. The molecule has 0 spiro atoms. The van der Waals surface area contributed by atoms with E-state index in [0.29, 0.717) is 6.42 Å². The lowest BCUT2D eigenvalue weighted by molar-refractivity contribution is -0.118. The Morgan fingerprint density at radius 1 is 1.33 bits per heavy atom. The van der Waals surface area contributed by atoms with Crippen molar-refractivity contribution in [2.45, 2.75) is 37.5 Å². The summed E-state index contributed by atoms with van der Waals surface area (Å²) in [5.74, 6) is 0.191. The number of hydrogen-bond acceptors (Lipinski definition) is 2. The fourth-order valence-corrected chi connectivity index (χ4v) is 3.13. The number of nitrogens with zero attached hydrogens (tertiary/aromatic N) is 1. The highest BCUT2D eigenvalue weighted by Gasteiger charge is 2.38. The van der Waals surface area contributed by atoms with E-state index in [1.165, 1.54) is 17.5 Å². The van der Waals surface area contributed by atoms with Gasteiger partial charge in [0.1, 0.15) is 0 Å². The summed E-state index contributed by atoms with van der Waals surface area (Å²) in [6, 6.07) is 6.33. The Balaban J connectivity index is 1.99. The predicted octanol–water partition coefficient (Wildman–Crippen LogP) is 2.01. The first-order valence-corrected chi connectivity index (χ1v) is 6.67. The Morgan fingerprint density at radius 2 is 2.11 bits per heavy atom. The maximum absolute atomic E-state index is 11.6. The van der Waals surface area contributed by atoms with Crippen LogP contribution in [0.4, 0.5) is 5.69 Å². The number of carbonyl (C=O) groups is 1. The first-order valence-electron chi connectivity index (χ1n) is 6.67. The fraction of sp³-hybridized carbons (Fsp3) is 0.533. The van der Waals surface area contributed by atoms with Crippen molar-refractivity contribution >= 4 is 11.6 Å². The van der Waals surface area contributed by atoms with Crippen LogP contribution in [0.2, 0.25) is 0 Å². The van der Waals surface area contributed by atoms with Crippen LogP contribution in [-0.4, -0.2) is 24.7 Å². The van der Waals surface area contributed by atoms with E-state index < -0.39 is 0 Å². The third-order valence-electron chi connectivity index (χ3n) is 4.65. The molecule has 1 heterocycles. The van der Waals surface area contributed by atoms with Gasteiger partial charge in [0.15, 0.2) is 0 Å². The van der Waals surface area contributed by atoms with Crippen LogP contribution in [0.1, 0.15) is 36.8 Å². The molecule has 3 heteroatoms. The largest absolute Gasteiger partial charge is 0.395 e. The Hall–Kier alpha value is -1.35. The molecule has 3 rings (SSSR count). The molecule has 1 aromatic carbocycles. The van der Waals surface area contributed by atoms with Crippen molar-refractivity contribution in [3.63, 3.8) is 0 Å². The van der Waals surface area contributed by atoms with Crippen molar-refractivity contribution in [3.8, 4) is 0 Å². The van der Waals surface area contributed by atoms with E-state index in [9.17, 15) is 9.90 Å². The minimum Gasteiger partial charge on any atom is -0.395 e. The van der Waals surface area contributed by atoms with E-state index in [2.05, 4.69) is 12.1 Å². The van der Waals surface area contributed by atoms with Crippen molar-refractivity contribution in [3.05, 3.63) is 29.3 Å². The zero-order chi connectivity index (χ0) is 12.8. The van der Waals surface area contributed by atoms with Gasteiger partial charge in [0.2, 0.25) is 5.91 Å². The molecule has 0 radical (unpaired) electrons. The molecule has 0 atom stereocenters. The molecular weight excluding hydrogens is 226 g/mol. The van der Waals surface area contributed by atoms with Gasteiger partial charge in [-0.05, 0) is 36.5 Å². The summed E-state index contributed by atoms with van der Waals surface area (Å²) in [4.78, 5) is 13.4. The van der Waals surface area contributed by atoms with Crippen LogP contribution in [-0.2, 0) is 16.6 Å². The standard InChI is InChI=1S/C15H19NO2/c1-16-13-5-4-12(15(10-17)7-2-8-15)9-11(13)3-6-14(16)18/h4-5,9,17H,2-3,6-8,10H2,1H3. The number of hydrogen-bond donors (Lipinski definition) is 1. The van der Waals surface area contributed by atoms with Crippen LogP contribution in [0.3, 0.4) is 0 Å². The van der Waals surface area contributed by atoms with Crippen LogP contribution in [0, 0.1) is 0 Å². The Morgan fingerprint density at radius 3 is 2.72 bits per heavy atom. The van der Waals surface area contributed by atoms with Gasteiger partial charge < -0.3 is 10.0 Å². The summed E-state index contributed by atoms with van der Waals surface area (Å²) in [7, 11) is 1.84. The summed E-state index contributed by atoms with van der Waals surface area (Å²) in [6.45, 7) is 0.237. The van der Waals surface area contributed by atoms with Crippen LogP contribution < -0.4 is 4.90 Å². The van der Waals surface area contributed by atoms with Gasteiger partial charge in [-0.2, -0.15) is 0 Å². The number of amides is 1. The predicted molar refractivity (Wildman–Crippen MR) is 70.8 cm³/mol. The van der Waals surface area contributed by atoms with Crippen LogP contribution in [0.25, 0.3) is 0 Å². The van der Waals surface area contributed by atoms with E-state index in [1.807, 2.05) is 13.1 Å². The number of rotatable bonds is 2. The Labute approximate surface area is 107 Å². The number of fused-ring (bicyclic) bond motifs is 1. The van der Waals surface area contributed by atoms with E-state index in [-0.39, 0.29) is 17.9 Å². The van der Waals surface area contributed by atoms with Crippen LogP contribution in [0.5, 0.6) is 0 Å². The van der Waals surface area contributed by atoms with Gasteiger partial charge >= 0.3 is 0 Å². The van der Waals surface area contributed by atoms with E-state index in [0.717, 1.165) is 24.9 Å². The second-order valence-corrected chi connectivity index (χ2v) is 5.59. The molecule has 0 unspecified atom stereocenters. The molecule has 3 nitrogen and oxygen atoms in total. The molecule has 1 saturated carbocycles. The van der Waals surface area contributed by atoms with Crippen LogP contribution in [0.15, 0.2) is 18.2 Å². The number of aliphatic hydroxyl groups is 1. The zero-order valence-corrected chi connectivity index (χ0v) is 10.8. The van der Waals surface area contributed by atoms with Gasteiger partial charge in [0.25, 0.3) is 0 Å². The third kappa shape index (κ3) is 1.57.